The van der Waals surface area contributed by atoms with Gasteiger partial charge in [-0.15, -0.1) is 0 Å². The van der Waals surface area contributed by atoms with Crippen molar-refractivity contribution in [3.05, 3.63) is 33.9 Å². The highest BCUT2D eigenvalue weighted by atomic mass is 16.6. The van der Waals surface area contributed by atoms with Crippen LogP contribution in [-0.2, 0) is 0 Å². The summed E-state index contributed by atoms with van der Waals surface area (Å²) in [5, 5.41) is 20.8. The van der Waals surface area contributed by atoms with Gasteiger partial charge in [-0.25, -0.2) is 0 Å². The molecule has 0 aromatic heterocycles. The molecule has 5 heteroatoms. The van der Waals surface area contributed by atoms with E-state index in [0.29, 0.717) is 17.2 Å². The maximum atomic E-state index is 11.2. The molecule has 0 bridgehead atoms. The number of anilines is 1. The van der Waals surface area contributed by atoms with Crippen LogP contribution in [0.5, 0.6) is 0 Å². The van der Waals surface area contributed by atoms with Crippen LogP contribution in [0.2, 0.25) is 0 Å². The molecule has 1 aliphatic rings. The Kier molecular flexibility index (Phi) is 4.04. The van der Waals surface area contributed by atoms with Gasteiger partial charge in [0, 0.05) is 19.2 Å². The van der Waals surface area contributed by atoms with Gasteiger partial charge >= 0.3 is 0 Å². The molecule has 0 spiro atoms. The number of rotatable bonds is 6. The molecule has 2 rings (SSSR count). The maximum absolute atomic E-state index is 11.2. The van der Waals surface area contributed by atoms with Gasteiger partial charge in [0.05, 0.1) is 11.0 Å². The van der Waals surface area contributed by atoms with Gasteiger partial charge in [0.15, 0.2) is 0 Å². The Hall–Kier alpha value is -1.62. The smallest absolute Gasteiger partial charge is 0.292 e. The summed E-state index contributed by atoms with van der Waals surface area (Å²) in [6, 6.07) is 5.00. The molecule has 1 saturated carbocycles. The Balaban J connectivity index is 2.33. The van der Waals surface area contributed by atoms with Gasteiger partial charge in [-0.3, -0.25) is 10.1 Å². The van der Waals surface area contributed by atoms with E-state index in [1.54, 1.807) is 19.1 Å². The van der Waals surface area contributed by atoms with Gasteiger partial charge in [0.1, 0.15) is 5.69 Å². The Bertz CT molecular complexity index is 470. The average molecular weight is 264 g/mol. The Morgan fingerprint density at radius 2 is 2.21 bits per heavy atom. The summed E-state index contributed by atoms with van der Waals surface area (Å²) in [7, 11) is 0. The van der Waals surface area contributed by atoms with Crippen molar-refractivity contribution in [1.29, 1.82) is 0 Å². The lowest BCUT2D eigenvalue weighted by Gasteiger charge is -2.23. The first-order valence-electron chi connectivity index (χ1n) is 6.74. The second kappa shape index (κ2) is 5.57. The first-order valence-corrected chi connectivity index (χ1v) is 6.74. The van der Waals surface area contributed by atoms with Crippen LogP contribution in [0.4, 0.5) is 11.4 Å². The third-order valence-corrected chi connectivity index (χ3v) is 3.58. The zero-order valence-electron chi connectivity index (χ0n) is 11.4. The van der Waals surface area contributed by atoms with Crippen LogP contribution in [0.25, 0.3) is 0 Å². The van der Waals surface area contributed by atoms with Gasteiger partial charge < -0.3 is 10.0 Å². The number of benzene rings is 1. The molecule has 1 aliphatic carbocycles. The Morgan fingerprint density at radius 1 is 1.53 bits per heavy atom. The highest BCUT2D eigenvalue weighted by Gasteiger charge is 2.27. The molecule has 5 nitrogen and oxygen atoms in total. The summed E-state index contributed by atoms with van der Waals surface area (Å²) >= 11 is 0. The topological polar surface area (TPSA) is 66.6 Å². The summed E-state index contributed by atoms with van der Waals surface area (Å²) in [6.07, 6.45) is 1.75. The number of hydrogen-bond donors (Lipinski definition) is 1. The van der Waals surface area contributed by atoms with E-state index in [-0.39, 0.29) is 10.6 Å². The lowest BCUT2D eigenvalue weighted by molar-refractivity contribution is -0.384. The molecule has 1 fully saturated rings. The van der Waals surface area contributed by atoms with E-state index in [1.165, 1.54) is 18.9 Å². The molecule has 0 radical (unpaired) electrons. The largest absolute Gasteiger partial charge is 0.389 e. The lowest BCUT2D eigenvalue weighted by atomic mass is 10.1. The van der Waals surface area contributed by atoms with E-state index in [1.807, 2.05) is 6.92 Å². The Labute approximate surface area is 113 Å². The number of aliphatic hydroxyl groups excluding tert-OH is 1. The van der Waals surface area contributed by atoms with Crippen molar-refractivity contribution in [3.63, 3.8) is 0 Å². The number of hydrogen-bond acceptors (Lipinski definition) is 4. The Morgan fingerprint density at radius 3 is 2.68 bits per heavy atom. The first kappa shape index (κ1) is 13.8. The van der Waals surface area contributed by atoms with Crippen LogP contribution in [0, 0.1) is 16.0 Å². The summed E-state index contributed by atoms with van der Waals surface area (Å²) in [4.78, 5) is 12.9. The molecule has 1 N–H and O–H groups in total. The predicted octanol–water partition coefficient (Wildman–Crippen LogP) is 2.88. The fourth-order valence-corrected chi connectivity index (χ4v) is 2.22. The minimum Gasteiger partial charge on any atom is -0.389 e. The van der Waals surface area contributed by atoms with Crippen molar-refractivity contribution in [3.8, 4) is 0 Å². The van der Waals surface area contributed by atoms with E-state index in [9.17, 15) is 15.2 Å². The summed E-state index contributed by atoms with van der Waals surface area (Å²) < 4.78 is 0. The minimum absolute atomic E-state index is 0.0842. The van der Waals surface area contributed by atoms with Gasteiger partial charge in [-0.2, -0.15) is 0 Å². The quantitative estimate of drug-likeness (QED) is 0.633. The van der Waals surface area contributed by atoms with Crippen molar-refractivity contribution < 1.29 is 10.0 Å². The van der Waals surface area contributed by atoms with Gasteiger partial charge in [0.25, 0.3) is 5.69 Å². The second-order valence-corrected chi connectivity index (χ2v) is 5.16. The standard InChI is InChI=1S/C14H20N2O3/c1-3-15(9-11-4-5-11)13-7-6-12(10(2)17)8-14(13)16(18)19/h6-8,10-11,17H,3-5,9H2,1-2H3. The summed E-state index contributed by atoms with van der Waals surface area (Å²) in [6.45, 7) is 5.26. The third kappa shape index (κ3) is 3.23. The van der Waals surface area contributed by atoms with Crippen molar-refractivity contribution >= 4 is 11.4 Å². The van der Waals surface area contributed by atoms with Crippen LogP contribution in [0.1, 0.15) is 38.4 Å². The number of aliphatic hydroxyl groups is 1. The number of nitrogens with zero attached hydrogens (tertiary/aromatic N) is 2. The van der Waals surface area contributed by atoms with Crippen molar-refractivity contribution in [1.82, 2.24) is 0 Å². The summed E-state index contributed by atoms with van der Waals surface area (Å²) in [5.41, 5.74) is 1.32. The molecule has 0 saturated heterocycles. The minimum atomic E-state index is -0.689. The second-order valence-electron chi connectivity index (χ2n) is 5.16. The van der Waals surface area contributed by atoms with Crippen LogP contribution in [0.15, 0.2) is 18.2 Å². The SMILES string of the molecule is CCN(CC1CC1)c1ccc(C(C)O)cc1[N+](=O)[O-]. The molecular formula is C14H20N2O3. The number of nitro benzene ring substituents is 1. The van der Waals surface area contributed by atoms with Crippen LogP contribution in [0.3, 0.4) is 0 Å². The zero-order chi connectivity index (χ0) is 14.0. The average Bonchev–Trinajstić information content (AvgIpc) is 3.19. The van der Waals surface area contributed by atoms with Crippen molar-refractivity contribution in [2.75, 3.05) is 18.0 Å². The molecule has 1 unspecified atom stereocenters. The summed E-state index contributed by atoms with van der Waals surface area (Å²) in [5.74, 6) is 0.677. The highest BCUT2D eigenvalue weighted by molar-refractivity contribution is 5.64. The first-order chi connectivity index (χ1) is 9.02. The van der Waals surface area contributed by atoms with E-state index < -0.39 is 6.10 Å². The van der Waals surface area contributed by atoms with Gasteiger partial charge in [-0.05, 0) is 44.2 Å². The van der Waals surface area contributed by atoms with E-state index in [2.05, 4.69) is 4.90 Å². The molecule has 1 atom stereocenters. The molecule has 0 aliphatic heterocycles. The fraction of sp³-hybridized carbons (Fsp3) is 0.571. The molecular weight excluding hydrogens is 244 g/mol. The number of nitro groups is 1. The van der Waals surface area contributed by atoms with E-state index >= 15 is 0 Å². The molecule has 1 aromatic rings. The third-order valence-electron chi connectivity index (χ3n) is 3.58. The fourth-order valence-electron chi connectivity index (χ4n) is 2.22. The van der Waals surface area contributed by atoms with Crippen LogP contribution >= 0.6 is 0 Å². The molecule has 0 heterocycles. The van der Waals surface area contributed by atoms with Gasteiger partial charge in [-0.1, -0.05) is 6.07 Å². The molecule has 19 heavy (non-hydrogen) atoms. The maximum Gasteiger partial charge on any atom is 0.292 e. The van der Waals surface area contributed by atoms with Crippen molar-refractivity contribution in [2.24, 2.45) is 5.92 Å². The van der Waals surface area contributed by atoms with E-state index in [0.717, 1.165) is 13.1 Å². The lowest BCUT2D eigenvalue weighted by Crippen LogP contribution is -2.26. The highest BCUT2D eigenvalue weighted by Crippen LogP contribution is 2.35. The monoisotopic (exact) mass is 264 g/mol. The van der Waals surface area contributed by atoms with Crippen molar-refractivity contribution in [2.45, 2.75) is 32.8 Å². The van der Waals surface area contributed by atoms with E-state index in [4.69, 9.17) is 0 Å². The zero-order valence-corrected chi connectivity index (χ0v) is 11.4. The predicted molar refractivity (Wildman–Crippen MR) is 74.3 cm³/mol. The molecule has 0 amide bonds. The molecule has 104 valence electrons. The normalized spacial score (nSPS) is 16.2. The van der Waals surface area contributed by atoms with Gasteiger partial charge in [0.2, 0.25) is 0 Å². The van der Waals surface area contributed by atoms with Crippen LogP contribution < -0.4 is 4.90 Å². The van der Waals surface area contributed by atoms with Crippen LogP contribution in [-0.4, -0.2) is 23.1 Å². The molecule has 1 aromatic carbocycles.